The van der Waals surface area contributed by atoms with Crippen molar-refractivity contribution in [3.63, 3.8) is 0 Å². The molecule has 2 bridgehead atoms. The van der Waals surface area contributed by atoms with E-state index in [2.05, 4.69) is 16.0 Å². The van der Waals surface area contributed by atoms with Gasteiger partial charge in [0.15, 0.2) is 0 Å². The Bertz CT molecular complexity index is 809. The number of benzene rings is 1. The van der Waals surface area contributed by atoms with Crippen molar-refractivity contribution >= 4 is 17.7 Å². The number of amides is 3. The zero-order valence-electron chi connectivity index (χ0n) is 18.1. The summed E-state index contributed by atoms with van der Waals surface area (Å²) in [4.78, 5) is 39.7. The molecular weight excluding hydrogens is 400 g/mol. The quantitative estimate of drug-likeness (QED) is 0.526. The predicted octanol–water partition coefficient (Wildman–Crippen LogP) is -0.189. The van der Waals surface area contributed by atoms with Gasteiger partial charge >= 0.3 is 0 Å². The fourth-order valence-electron chi connectivity index (χ4n) is 3.48. The second-order valence-corrected chi connectivity index (χ2v) is 8.34. The van der Waals surface area contributed by atoms with Gasteiger partial charge in [-0.2, -0.15) is 0 Å². The molecule has 0 unspecified atom stereocenters. The van der Waals surface area contributed by atoms with Gasteiger partial charge in [-0.3, -0.25) is 19.3 Å². The molecule has 9 nitrogen and oxygen atoms in total. The van der Waals surface area contributed by atoms with Crippen LogP contribution in [0.25, 0.3) is 0 Å². The first-order valence-corrected chi connectivity index (χ1v) is 10.8. The predicted molar refractivity (Wildman–Crippen MR) is 115 cm³/mol. The summed E-state index contributed by atoms with van der Waals surface area (Å²) in [6.45, 7) is 5.82. The van der Waals surface area contributed by atoms with E-state index in [4.69, 9.17) is 4.74 Å². The van der Waals surface area contributed by atoms with Gasteiger partial charge < -0.3 is 25.8 Å². The Morgan fingerprint density at radius 3 is 2.68 bits per heavy atom. The number of carbonyl (C=O) groups excluding carboxylic acids is 3. The van der Waals surface area contributed by atoms with Crippen molar-refractivity contribution in [3.8, 4) is 5.75 Å². The van der Waals surface area contributed by atoms with Crippen LogP contribution in [0.1, 0.15) is 35.7 Å². The average molecular weight is 433 g/mol. The first-order chi connectivity index (χ1) is 14.8. The molecule has 0 saturated heterocycles. The molecule has 31 heavy (non-hydrogen) atoms. The number of aliphatic hydroxyl groups excluding tert-OH is 1. The summed E-state index contributed by atoms with van der Waals surface area (Å²) in [5.41, 5.74) is 1.17. The molecule has 3 amide bonds. The summed E-state index contributed by atoms with van der Waals surface area (Å²) in [6.07, 6.45) is 1.25. The van der Waals surface area contributed by atoms with Crippen LogP contribution in [0.2, 0.25) is 0 Å². The molecule has 0 spiro atoms. The van der Waals surface area contributed by atoms with Crippen LogP contribution in [0.3, 0.4) is 0 Å². The number of carbonyl (C=O) groups is 3. The molecule has 0 radical (unpaired) electrons. The third-order valence-corrected chi connectivity index (χ3v) is 5.49. The van der Waals surface area contributed by atoms with Gasteiger partial charge in [0, 0.05) is 25.2 Å². The lowest BCUT2D eigenvalue weighted by molar-refractivity contribution is -0.125. The van der Waals surface area contributed by atoms with Gasteiger partial charge in [0.05, 0.1) is 19.2 Å². The van der Waals surface area contributed by atoms with Crippen molar-refractivity contribution in [1.82, 2.24) is 20.9 Å². The number of hydrogen-bond acceptors (Lipinski definition) is 6. The molecule has 3 rings (SSSR count). The first kappa shape index (κ1) is 23.0. The Kier molecular flexibility index (Phi) is 7.86. The monoisotopic (exact) mass is 432 g/mol. The van der Waals surface area contributed by atoms with Crippen LogP contribution in [0, 0.1) is 12.8 Å². The maximum absolute atomic E-state index is 12.7. The third kappa shape index (κ3) is 6.93. The van der Waals surface area contributed by atoms with E-state index in [1.807, 2.05) is 11.8 Å². The van der Waals surface area contributed by atoms with E-state index in [0.717, 1.165) is 24.9 Å². The molecule has 2 atom stereocenters. The highest BCUT2D eigenvalue weighted by Crippen LogP contribution is 2.29. The minimum atomic E-state index is -1.09. The largest absolute Gasteiger partial charge is 0.491 e. The molecule has 1 aromatic rings. The first-order valence-electron chi connectivity index (χ1n) is 10.8. The summed E-state index contributed by atoms with van der Waals surface area (Å²) in [7, 11) is 0. The van der Waals surface area contributed by atoms with Gasteiger partial charge in [-0.25, -0.2) is 0 Å². The second kappa shape index (κ2) is 10.6. The van der Waals surface area contributed by atoms with Crippen LogP contribution in [-0.4, -0.2) is 79.2 Å². The molecule has 4 N–H and O–H groups in total. The summed E-state index contributed by atoms with van der Waals surface area (Å²) in [5.74, 6) is 0.0920. The van der Waals surface area contributed by atoms with Gasteiger partial charge in [-0.05, 0) is 50.3 Å². The van der Waals surface area contributed by atoms with Crippen molar-refractivity contribution in [2.24, 2.45) is 5.92 Å². The standard InChI is InChI=1S/C22H32N4O5/c1-14-3-6-17-11-18(14)31-10-8-23-19(28)13-26(12-16-4-5-16)9-7-24-22(30)20(15(2)27)25-21(17)29/h3,6,11,15-16,20,27H,4-5,7-10,12-13H2,1-2H3,(H,23,28)(H,24,30)(H,25,29)/t15-,20+/m1/s1. The molecule has 1 aliphatic carbocycles. The molecule has 0 aromatic heterocycles. The highest BCUT2D eigenvalue weighted by atomic mass is 16.5. The fourth-order valence-corrected chi connectivity index (χ4v) is 3.48. The second-order valence-electron chi connectivity index (χ2n) is 8.34. The Morgan fingerprint density at radius 1 is 1.19 bits per heavy atom. The Labute approximate surface area is 182 Å². The van der Waals surface area contributed by atoms with E-state index in [1.54, 1.807) is 18.2 Å². The number of nitrogens with zero attached hydrogens (tertiary/aromatic N) is 1. The third-order valence-electron chi connectivity index (χ3n) is 5.49. The maximum atomic E-state index is 12.7. The summed E-state index contributed by atoms with van der Waals surface area (Å²) in [5, 5.41) is 18.3. The minimum Gasteiger partial charge on any atom is -0.491 e. The van der Waals surface area contributed by atoms with Crippen LogP contribution >= 0.6 is 0 Å². The molecular formula is C22H32N4O5. The molecule has 1 saturated carbocycles. The zero-order valence-corrected chi connectivity index (χ0v) is 18.1. The van der Waals surface area contributed by atoms with Gasteiger partial charge in [0.1, 0.15) is 18.4 Å². The maximum Gasteiger partial charge on any atom is 0.252 e. The van der Waals surface area contributed by atoms with E-state index < -0.39 is 24.0 Å². The van der Waals surface area contributed by atoms with E-state index in [-0.39, 0.29) is 19.1 Å². The number of ether oxygens (including phenoxy) is 1. The Balaban J connectivity index is 1.76. The van der Waals surface area contributed by atoms with Gasteiger partial charge in [0.2, 0.25) is 11.8 Å². The van der Waals surface area contributed by atoms with Crippen LogP contribution in [0.5, 0.6) is 5.75 Å². The van der Waals surface area contributed by atoms with Crippen molar-refractivity contribution in [1.29, 1.82) is 0 Å². The number of nitrogens with one attached hydrogen (secondary N) is 3. The van der Waals surface area contributed by atoms with Crippen LogP contribution < -0.4 is 20.7 Å². The van der Waals surface area contributed by atoms with Crippen LogP contribution in [0.4, 0.5) is 0 Å². The average Bonchev–Trinajstić information content (AvgIpc) is 3.53. The molecule has 1 aromatic carbocycles. The Hall–Kier alpha value is -2.65. The smallest absolute Gasteiger partial charge is 0.252 e. The highest BCUT2D eigenvalue weighted by Gasteiger charge is 2.28. The van der Waals surface area contributed by atoms with Crippen LogP contribution in [-0.2, 0) is 9.59 Å². The number of rotatable bonds is 3. The minimum absolute atomic E-state index is 0.0935. The van der Waals surface area contributed by atoms with E-state index in [9.17, 15) is 19.5 Å². The lowest BCUT2D eigenvalue weighted by Gasteiger charge is -2.24. The highest BCUT2D eigenvalue weighted by molar-refractivity contribution is 5.98. The van der Waals surface area contributed by atoms with Crippen molar-refractivity contribution < 1.29 is 24.2 Å². The lowest BCUT2D eigenvalue weighted by atomic mass is 10.1. The molecule has 1 heterocycles. The molecule has 170 valence electrons. The van der Waals surface area contributed by atoms with Crippen molar-refractivity contribution in [2.75, 3.05) is 39.3 Å². The number of aliphatic hydroxyl groups is 1. The van der Waals surface area contributed by atoms with Crippen molar-refractivity contribution in [2.45, 2.75) is 38.8 Å². The topological polar surface area (TPSA) is 120 Å². The lowest BCUT2D eigenvalue weighted by Crippen LogP contribution is -2.53. The zero-order chi connectivity index (χ0) is 22.4. The molecule has 1 fully saturated rings. The molecule has 2 aliphatic rings. The number of fused-ring (bicyclic) bond motifs is 2. The van der Waals surface area contributed by atoms with E-state index in [0.29, 0.717) is 36.9 Å². The van der Waals surface area contributed by atoms with E-state index in [1.165, 1.54) is 6.92 Å². The Morgan fingerprint density at radius 2 is 1.97 bits per heavy atom. The van der Waals surface area contributed by atoms with Crippen LogP contribution in [0.15, 0.2) is 18.2 Å². The van der Waals surface area contributed by atoms with Gasteiger partial charge in [-0.1, -0.05) is 6.07 Å². The summed E-state index contributed by atoms with van der Waals surface area (Å²) < 4.78 is 5.76. The summed E-state index contributed by atoms with van der Waals surface area (Å²) in [6, 6.07) is 3.90. The van der Waals surface area contributed by atoms with Crippen molar-refractivity contribution in [3.05, 3.63) is 29.3 Å². The fraction of sp³-hybridized carbons (Fsp3) is 0.591. The number of hydrogen-bond donors (Lipinski definition) is 4. The van der Waals surface area contributed by atoms with Gasteiger partial charge in [-0.15, -0.1) is 0 Å². The normalized spacial score (nSPS) is 23.1. The van der Waals surface area contributed by atoms with Gasteiger partial charge in [0.25, 0.3) is 5.91 Å². The molecule has 1 aliphatic heterocycles. The summed E-state index contributed by atoms with van der Waals surface area (Å²) >= 11 is 0. The number of aryl methyl sites for hydroxylation is 1. The molecule has 9 heteroatoms. The SMILES string of the molecule is Cc1ccc2cc1OCCNC(=O)CN(CC1CC1)CCNC(=O)[C@H]([C@@H](C)O)NC2=O. The van der Waals surface area contributed by atoms with E-state index >= 15 is 0 Å².